The van der Waals surface area contributed by atoms with Crippen LogP contribution in [0, 0.1) is 0 Å². The average molecular weight is 328 g/mol. The van der Waals surface area contributed by atoms with Gasteiger partial charge in [-0.15, -0.1) is 11.6 Å². The molecule has 0 aliphatic rings. The lowest BCUT2D eigenvalue weighted by atomic mass is 10.2. The lowest BCUT2D eigenvalue weighted by Gasteiger charge is -2.14. The van der Waals surface area contributed by atoms with Crippen LogP contribution >= 0.6 is 23.2 Å². The molecular formula is C15H15Cl2NO3. The van der Waals surface area contributed by atoms with Crippen molar-refractivity contribution in [3.05, 3.63) is 46.6 Å². The Hall–Kier alpha value is -1.65. The van der Waals surface area contributed by atoms with Crippen LogP contribution in [0.15, 0.2) is 30.3 Å². The van der Waals surface area contributed by atoms with Crippen molar-refractivity contribution in [2.45, 2.75) is 12.5 Å². The molecule has 1 heterocycles. The number of aromatic nitrogens is 1. The molecule has 0 spiro atoms. The van der Waals surface area contributed by atoms with E-state index in [1.165, 1.54) is 0 Å². The number of halogens is 2. The zero-order valence-corrected chi connectivity index (χ0v) is 13.2. The molecule has 4 nitrogen and oxygen atoms in total. The third-order valence-corrected chi connectivity index (χ3v) is 3.32. The number of ether oxygens (including phenoxy) is 3. The molecule has 6 heteroatoms. The maximum atomic E-state index is 6.01. The molecular weight excluding hydrogens is 313 g/mol. The second-order valence-corrected chi connectivity index (χ2v) is 4.89. The smallest absolute Gasteiger partial charge is 0.213 e. The first-order valence-electron chi connectivity index (χ1n) is 6.23. The van der Waals surface area contributed by atoms with Gasteiger partial charge in [-0.1, -0.05) is 17.7 Å². The number of benzene rings is 1. The van der Waals surface area contributed by atoms with E-state index in [-0.39, 0.29) is 12.5 Å². The Morgan fingerprint density at radius 2 is 1.95 bits per heavy atom. The summed E-state index contributed by atoms with van der Waals surface area (Å²) in [6, 6.07) is 8.92. The van der Waals surface area contributed by atoms with Crippen molar-refractivity contribution in [1.29, 1.82) is 0 Å². The lowest BCUT2D eigenvalue weighted by molar-refractivity contribution is 0.276. The van der Waals surface area contributed by atoms with Crippen molar-refractivity contribution in [1.82, 2.24) is 4.98 Å². The van der Waals surface area contributed by atoms with Crippen LogP contribution in [0.25, 0.3) is 0 Å². The molecule has 0 saturated carbocycles. The van der Waals surface area contributed by atoms with Crippen LogP contribution in [0.5, 0.6) is 17.4 Å². The first kappa shape index (κ1) is 15.7. The van der Waals surface area contributed by atoms with Crippen molar-refractivity contribution in [2.75, 3.05) is 14.2 Å². The fourth-order valence-electron chi connectivity index (χ4n) is 1.84. The van der Waals surface area contributed by atoms with Gasteiger partial charge in [0, 0.05) is 22.7 Å². The summed E-state index contributed by atoms with van der Waals surface area (Å²) >= 11 is 11.9. The topological polar surface area (TPSA) is 40.6 Å². The van der Waals surface area contributed by atoms with E-state index in [4.69, 9.17) is 37.4 Å². The molecule has 112 valence electrons. The SMILES string of the molecule is COc1cccc(COc2c(CCl)cc(Cl)cc2OC)n1. The molecule has 0 N–H and O–H groups in total. The zero-order valence-electron chi connectivity index (χ0n) is 11.7. The lowest BCUT2D eigenvalue weighted by Crippen LogP contribution is -2.03. The highest BCUT2D eigenvalue weighted by Crippen LogP contribution is 2.36. The summed E-state index contributed by atoms with van der Waals surface area (Å²) in [6.07, 6.45) is 0. The molecule has 0 bridgehead atoms. The molecule has 1 aromatic carbocycles. The normalized spacial score (nSPS) is 10.3. The van der Waals surface area contributed by atoms with E-state index in [2.05, 4.69) is 4.98 Å². The van der Waals surface area contributed by atoms with Gasteiger partial charge in [0.25, 0.3) is 0 Å². The molecule has 2 aromatic rings. The maximum Gasteiger partial charge on any atom is 0.213 e. The summed E-state index contributed by atoms with van der Waals surface area (Å²) in [7, 11) is 3.13. The van der Waals surface area contributed by atoms with Gasteiger partial charge in [-0.3, -0.25) is 0 Å². The van der Waals surface area contributed by atoms with Crippen LogP contribution in [0.4, 0.5) is 0 Å². The molecule has 0 aliphatic heterocycles. The monoisotopic (exact) mass is 327 g/mol. The maximum absolute atomic E-state index is 6.01. The van der Waals surface area contributed by atoms with Gasteiger partial charge in [-0.25, -0.2) is 4.98 Å². The third kappa shape index (κ3) is 3.93. The zero-order chi connectivity index (χ0) is 15.2. The predicted molar refractivity (Wildman–Crippen MR) is 82.7 cm³/mol. The van der Waals surface area contributed by atoms with E-state index in [1.807, 2.05) is 12.1 Å². The molecule has 21 heavy (non-hydrogen) atoms. The first-order chi connectivity index (χ1) is 10.2. The number of pyridine rings is 1. The minimum Gasteiger partial charge on any atom is -0.493 e. The van der Waals surface area contributed by atoms with Gasteiger partial charge < -0.3 is 14.2 Å². The van der Waals surface area contributed by atoms with Gasteiger partial charge in [0.1, 0.15) is 6.61 Å². The number of alkyl halides is 1. The number of nitrogens with zero attached hydrogens (tertiary/aromatic N) is 1. The Balaban J connectivity index is 2.22. The second-order valence-electron chi connectivity index (χ2n) is 4.19. The molecule has 0 fully saturated rings. The van der Waals surface area contributed by atoms with Gasteiger partial charge in [0.15, 0.2) is 11.5 Å². The van der Waals surface area contributed by atoms with Gasteiger partial charge in [0.2, 0.25) is 5.88 Å². The fourth-order valence-corrected chi connectivity index (χ4v) is 2.26. The summed E-state index contributed by atoms with van der Waals surface area (Å²) in [6.45, 7) is 0.277. The van der Waals surface area contributed by atoms with Crippen LogP contribution in [0.1, 0.15) is 11.3 Å². The summed E-state index contributed by atoms with van der Waals surface area (Å²) in [5, 5.41) is 0.550. The van der Waals surface area contributed by atoms with Crippen LogP contribution in [-0.2, 0) is 12.5 Å². The van der Waals surface area contributed by atoms with E-state index in [9.17, 15) is 0 Å². The van der Waals surface area contributed by atoms with Crippen molar-refractivity contribution < 1.29 is 14.2 Å². The molecule has 0 radical (unpaired) electrons. The minimum absolute atomic E-state index is 0.276. The van der Waals surface area contributed by atoms with Gasteiger partial charge in [-0.05, 0) is 12.1 Å². The summed E-state index contributed by atoms with van der Waals surface area (Å²) in [5.41, 5.74) is 1.51. The van der Waals surface area contributed by atoms with Crippen LogP contribution < -0.4 is 14.2 Å². The molecule has 0 unspecified atom stereocenters. The molecule has 0 amide bonds. The quantitative estimate of drug-likeness (QED) is 0.750. The van der Waals surface area contributed by atoms with Crippen molar-refractivity contribution in [3.8, 4) is 17.4 Å². The van der Waals surface area contributed by atoms with Gasteiger partial charge in [0.05, 0.1) is 25.8 Å². The first-order valence-corrected chi connectivity index (χ1v) is 7.14. The fraction of sp³-hybridized carbons (Fsp3) is 0.267. The van der Waals surface area contributed by atoms with E-state index in [0.717, 1.165) is 11.3 Å². The van der Waals surface area contributed by atoms with Gasteiger partial charge in [-0.2, -0.15) is 0 Å². The molecule has 1 aromatic heterocycles. The highest BCUT2D eigenvalue weighted by Gasteiger charge is 2.13. The predicted octanol–water partition coefficient (Wildman–Crippen LogP) is 4.07. The average Bonchev–Trinajstić information content (AvgIpc) is 2.52. The summed E-state index contributed by atoms with van der Waals surface area (Å²) in [5.74, 6) is 1.93. The van der Waals surface area contributed by atoms with E-state index in [1.54, 1.807) is 32.4 Å². The summed E-state index contributed by atoms with van der Waals surface area (Å²) < 4.78 is 16.2. The number of methoxy groups -OCH3 is 2. The molecule has 2 rings (SSSR count). The number of hydrogen-bond donors (Lipinski definition) is 0. The summed E-state index contributed by atoms with van der Waals surface area (Å²) in [4.78, 5) is 4.29. The molecule has 0 aliphatic carbocycles. The van der Waals surface area contributed by atoms with Crippen molar-refractivity contribution >= 4 is 23.2 Å². The van der Waals surface area contributed by atoms with E-state index < -0.39 is 0 Å². The van der Waals surface area contributed by atoms with Crippen LogP contribution in [-0.4, -0.2) is 19.2 Å². The Bertz CT molecular complexity index is 595. The number of rotatable bonds is 6. The Morgan fingerprint density at radius 1 is 1.14 bits per heavy atom. The highest BCUT2D eigenvalue weighted by molar-refractivity contribution is 6.31. The Labute approximate surface area is 133 Å². The van der Waals surface area contributed by atoms with E-state index >= 15 is 0 Å². The standard InChI is InChI=1S/C15H15Cl2NO3/c1-19-13-7-11(17)6-10(8-16)15(13)21-9-12-4-3-5-14(18-12)20-2/h3-7H,8-9H2,1-2H3. The Morgan fingerprint density at radius 3 is 2.62 bits per heavy atom. The Kier molecular flexibility index (Phi) is 5.53. The van der Waals surface area contributed by atoms with Crippen molar-refractivity contribution in [3.63, 3.8) is 0 Å². The van der Waals surface area contributed by atoms with Crippen LogP contribution in [0.2, 0.25) is 5.02 Å². The second kappa shape index (κ2) is 7.38. The molecule has 0 saturated heterocycles. The molecule has 0 atom stereocenters. The van der Waals surface area contributed by atoms with Crippen molar-refractivity contribution in [2.24, 2.45) is 0 Å². The number of hydrogen-bond acceptors (Lipinski definition) is 4. The third-order valence-electron chi connectivity index (χ3n) is 2.82. The van der Waals surface area contributed by atoms with Gasteiger partial charge >= 0.3 is 0 Å². The minimum atomic E-state index is 0.276. The van der Waals surface area contributed by atoms with Crippen LogP contribution in [0.3, 0.4) is 0 Å². The largest absolute Gasteiger partial charge is 0.493 e. The highest BCUT2D eigenvalue weighted by atomic mass is 35.5. The van der Waals surface area contributed by atoms with E-state index in [0.29, 0.717) is 22.4 Å².